The molecule has 1 amide bonds. The minimum absolute atomic E-state index is 0.0918. The van der Waals surface area contributed by atoms with Crippen molar-refractivity contribution < 1.29 is 4.79 Å². The van der Waals surface area contributed by atoms with Gasteiger partial charge in [-0.3, -0.25) is 9.69 Å². The number of amides is 1. The van der Waals surface area contributed by atoms with Crippen molar-refractivity contribution in [3.8, 4) is 0 Å². The van der Waals surface area contributed by atoms with E-state index in [0.29, 0.717) is 6.54 Å². The number of carbonyl (C=O) groups excluding carboxylic acids is 1. The van der Waals surface area contributed by atoms with Crippen LogP contribution in [-0.2, 0) is 4.79 Å². The number of aryl methyl sites for hydroxylation is 1. The number of thiazole rings is 1. The highest BCUT2D eigenvalue weighted by Crippen LogP contribution is 2.29. The summed E-state index contributed by atoms with van der Waals surface area (Å²) in [6.45, 7) is 4.62. The fourth-order valence-corrected chi connectivity index (χ4v) is 3.18. The number of hydrogen-bond donors (Lipinski definition) is 1. The molecule has 1 aliphatic rings. The lowest BCUT2D eigenvalue weighted by molar-refractivity contribution is -0.122. The molecule has 2 unspecified atom stereocenters. The SMILES string of the molecule is CCN(C(=O)C1CCC(N)C1)c1nc(C)cs1. The van der Waals surface area contributed by atoms with Crippen LogP contribution >= 0.6 is 11.3 Å². The molecule has 4 nitrogen and oxygen atoms in total. The fraction of sp³-hybridized carbons (Fsp3) is 0.667. The Morgan fingerprint density at radius 1 is 1.65 bits per heavy atom. The van der Waals surface area contributed by atoms with E-state index in [1.54, 1.807) is 4.90 Å². The lowest BCUT2D eigenvalue weighted by Gasteiger charge is -2.21. The van der Waals surface area contributed by atoms with Crippen LogP contribution < -0.4 is 10.6 Å². The van der Waals surface area contributed by atoms with Gasteiger partial charge in [0, 0.05) is 23.9 Å². The van der Waals surface area contributed by atoms with E-state index < -0.39 is 0 Å². The molecule has 0 bridgehead atoms. The third kappa shape index (κ3) is 2.66. The van der Waals surface area contributed by atoms with Crippen LogP contribution in [0.25, 0.3) is 0 Å². The number of rotatable bonds is 3. The Hall–Kier alpha value is -0.940. The summed E-state index contributed by atoms with van der Waals surface area (Å²) in [7, 11) is 0. The van der Waals surface area contributed by atoms with Crippen molar-refractivity contribution in [3.63, 3.8) is 0 Å². The second kappa shape index (κ2) is 5.14. The molecule has 1 aromatic heterocycles. The van der Waals surface area contributed by atoms with Crippen LogP contribution in [-0.4, -0.2) is 23.5 Å². The van der Waals surface area contributed by atoms with Crippen molar-refractivity contribution in [2.24, 2.45) is 11.7 Å². The van der Waals surface area contributed by atoms with Gasteiger partial charge in [0.2, 0.25) is 5.91 Å². The molecule has 1 aromatic rings. The first-order valence-electron chi connectivity index (χ1n) is 6.11. The van der Waals surface area contributed by atoms with Gasteiger partial charge in [0.1, 0.15) is 0 Å². The van der Waals surface area contributed by atoms with Gasteiger partial charge in [0.25, 0.3) is 0 Å². The van der Waals surface area contributed by atoms with E-state index in [0.717, 1.165) is 30.1 Å². The summed E-state index contributed by atoms with van der Waals surface area (Å²) in [4.78, 5) is 18.5. The van der Waals surface area contributed by atoms with Gasteiger partial charge in [-0.1, -0.05) is 0 Å². The third-order valence-electron chi connectivity index (χ3n) is 3.24. The summed E-state index contributed by atoms with van der Waals surface area (Å²) in [5, 5.41) is 2.79. The fourth-order valence-electron chi connectivity index (χ4n) is 2.31. The lowest BCUT2D eigenvalue weighted by Crippen LogP contribution is -2.35. The second-order valence-electron chi connectivity index (χ2n) is 4.62. The van der Waals surface area contributed by atoms with Gasteiger partial charge in [-0.05, 0) is 33.1 Å². The van der Waals surface area contributed by atoms with Gasteiger partial charge in [-0.25, -0.2) is 4.98 Å². The van der Waals surface area contributed by atoms with Crippen molar-refractivity contribution in [1.29, 1.82) is 0 Å². The first-order valence-corrected chi connectivity index (χ1v) is 6.99. The molecule has 2 rings (SSSR count). The predicted octanol–water partition coefficient (Wildman–Crippen LogP) is 1.93. The molecule has 17 heavy (non-hydrogen) atoms. The lowest BCUT2D eigenvalue weighted by atomic mass is 10.1. The normalized spacial score (nSPS) is 23.9. The smallest absolute Gasteiger partial charge is 0.231 e. The van der Waals surface area contributed by atoms with E-state index in [1.807, 2.05) is 19.2 Å². The molecule has 0 aromatic carbocycles. The Morgan fingerprint density at radius 3 is 2.88 bits per heavy atom. The monoisotopic (exact) mass is 253 g/mol. The molecular weight excluding hydrogens is 234 g/mol. The largest absolute Gasteiger partial charge is 0.328 e. The van der Waals surface area contributed by atoms with Crippen molar-refractivity contribution in [2.45, 2.75) is 39.2 Å². The van der Waals surface area contributed by atoms with Gasteiger partial charge in [0.15, 0.2) is 5.13 Å². The van der Waals surface area contributed by atoms with E-state index in [1.165, 1.54) is 11.3 Å². The Labute approximate surface area is 106 Å². The maximum absolute atomic E-state index is 12.4. The van der Waals surface area contributed by atoms with Crippen LogP contribution in [0.4, 0.5) is 5.13 Å². The highest BCUT2D eigenvalue weighted by molar-refractivity contribution is 7.14. The van der Waals surface area contributed by atoms with Crippen molar-refractivity contribution in [1.82, 2.24) is 4.98 Å². The van der Waals surface area contributed by atoms with Crippen LogP contribution in [0.1, 0.15) is 31.9 Å². The first kappa shape index (κ1) is 12.5. The van der Waals surface area contributed by atoms with Gasteiger partial charge in [-0.15, -0.1) is 11.3 Å². The minimum atomic E-state index is 0.0918. The number of nitrogens with zero attached hydrogens (tertiary/aromatic N) is 2. The average molecular weight is 253 g/mol. The Morgan fingerprint density at radius 2 is 2.41 bits per heavy atom. The molecular formula is C12H19N3OS. The van der Waals surface area contributed by atoms with Crippen molar-refractivity contribution >= 4 is 22.4 Å². The zero-order chi connectivity index (χ0) is 12.4. The summed E-state index contributed by atoms with van der Waals surface area (Å²) in [5.41, 5.74) is 6.84. The summed E-state index contributed by atoms with van der Waals surface area (Å²) in [6, 6.07) is 0.195. The van der Waals surface area contributed by atoms with E-state index in [-0.39, 0.29) is 17.9 Å². The molecule has 1 heterocycles. The van der Waals surface area contributed by atoms with Gasteiger partial charge >= 0.3 is 0 Å². The standard InChI is InChI=1S/C12H19N3OS/c1-3-15(12-14-8(2)7-17-12)11(16)9-4-5-10(13)6-9/h7,9-10H,3-6,13H2,1-2H3. The van der Waals surface area contributed by atoms with Crippen LogP contribution in [0.3, 0.4) is 0 Å². The van der Waals surface area contributed by atoms with E-state index in [9.17, 15) is 4.79 Å². The Balaban J connectivity index is 2.10. The first-order chi connectivity index (χ1) is 8.11. The summed E-state index contributed by atoms with van der Waals surface area (Å²) < 4.78 is 0. The van der Waals surface area contributed by atoms with Crippen LogP contribution in [0.2, 0.25) is 0 Å². The molecule has 2 atom stereocenters. The molecule has 1 fully saturated rings. The molecule has 0 aliphatic heterocycles. The van der Waals surface area contributed by atoms with Crippen molar-refractivity contribution in [3.05, 3.63) is 11.1 Å². The maximum atomic E-state index is 12.4. The third-order valence-corrected chi connectivity index (χ3v) is 4.22. The molecule has 94 valence electrons. The number of anilines is 1. The average Bonchev–Trinajstić information content (AvgIpc) is 2.89. The summed E-state index contributed by atoms with van der Waals surface area (Å²) in [6.07, 6.45) is 2.70. The Kier molecular flexibility index (Phi) is 3.79. The van der Waals surface area contributed by atoms with Gasteiger partial charge in [-0.2, -0.15) is 0 Å². The van der Waals surface area contributed by atoms with E-state index >= 15 is 0 Å². The summed E-state index contributed by atoms with van der Waals surface area (Å²) >= 11 is 1.53. The zero-order valence-corrected chi connectivity index (χ0v) is 11.2. The van der Waals surface area contributed by atoms with E-state index in [4.69, 9.17) is 5.73 Å². The van der Waals surface area contributed by atoms with E-state index in [2.05, 4.69) is 4.98 Å². The quantitative estimate of drug-likeness (QED) is 0.895. The molecule has 0 spiro atoms. The molecule has 1 saturated carbocycles. The Bertz CT molecular complexity index is 404. The highest BCUT2D eigenvalue weighted by Gasteiger charge is 2.31. The predicted molar refractivity (Wildman–Crippen MR) is 70.2 cm³/mol. The molecule has 0 saturated heterocycles. The van der Waals surface area contributed by atoms with Crippen molar-refractivity contribution in [2.75, 3.05) is 11.4 Å². The second-order valence-corrected chi connectivity index (χ2v) is 5.46. The number of hydrogen-bond acceptors (Lipinski definition) is 4. The van der Waals surface area contributed by atoms with Crippen LogP contribution in [0, 0.1) is 12.8 Å². The van der Waals surface area contributed by atoms with Crippen LogP contribution in [0.5, 0.6) is 0 Å². The molecule has 0 radical (unpaired) electrons. The number of carbonyl (C=O) groups is 1. The van der Waals surface area contributed by atoms with Crippen LogP contribution in [0.15, 0.2) is 5.38 Å². The molecule has 1 aliphatic carbocycles. The number of nitrogens with two attached hydrogens (primary N) is 1. The summed E-state index contributed by atoms with van der Waals surface area (Å²) in [5.74, 6) is 0.281. The molecule has 2 N–H and O–H groups in total. The zero-order valence-electron chi connectivity index (χ0n) is 10.3. The number of aromatic nitrogens is 1. The topological polar surface area (TPSA) is 59.2 Å². The van der Waals surface area contributed by atoms with Gasteiger partial charge < -0.3 is 5.73 Å². The minimum Gasteiger partial charge on any atom is -0.328 e. The highest BCUT2D eigenvalue weighted by atomic mass is 32.1. The van der Waals surface area contributed by atoms with Gasteiger partial charge in [0.05, 0.1) is 5.69 Å². The molecule has 5 heteroatoms. The maximum Gasteiger partial charge on any atom is 0.231 e.